The molecule has 114 valence electrons. The summed E-state index contributed by atoms with van der Waals surface area (Å²) in [7, 11) is 4.21. The molecule has 0 amide bonds. The van der Waals surface area contributed by atoms with Crippen molar-refractivity contribution in [2.75, 3.05) is 45.2 Å². The van der Waals surface area contributed by atoms with Gasteiger partial charge >= 0.3 is 0 Å². The van der Waals surface area contributed by atoms with Gasteiger partial charge < -0.3 is 15.1 Å². The molecular formula is C15H29N5. The summed E-state index contributed by atoms with van der Waals surface area (Å²) in [5.41, 5.74) is 2.25. The molecule has 0 atom stereocenters. The third-order valence-corrected chi connectivity index (χ3v) is 3.33. The molecule has 1 heterocycles. The molecule has 0 aliphatic heterocycles. The zero-order chi connectivity index (χ0) is 15.0. The minimum Gasteiger partial charge on any atom is -0.341 e. The molecule has 5 nitrogen and oxygen atoms in total. The highest BCUT2D eigenvalue weighted by molar-refractivity contribution is 5.32. The smallest absolute Gasteiger partial charge is 0.225 e. The lowest BCUT2D eigenvalue weighted by Crippen LogP contribution is -2.29. The van der Waals surface area contributed by atoms with E-state index < -0.39 is 0 Å². The van der Waals surface area contributed by atoms with Gasteiger partial charge in [-0.25, -0.2) is 9.97 Å². The predicted octanol–water partition coefficient (Wildman–Crippen LogP) is 1.67. The molecule has 20 heavy (non-hydrogen) atoms. The first-order chi connectivity index (χ1) is 9.58. The average molecular weight is 279 g/mol. The second-order valence-electron chi connectivity index (χ2n) is 5.30. The van der Waals surface area contributed by atoms with Gasteiger partial charge in [-0.15, -0.1) is 0 Å². The highest BCUT2D eigenvalue weighted by Gasteiger charge is 2.09. The van der Waals surface area contributed by atoms with Crippen molar-refractivity contribution in [3.8, 4) is 0 Å². The first-order valence-electron chi connectivity index (χ1n) is 7.51. The molecule has 0 radical (unpaired) electrons. The largest absolute Gasteiger partial charge is 0.341 e. The minimum absolute atomic E-state index is 0.843. The summed E-state index contributed by atoms with van der Waals surface area (Å²) in [5, 5.41) is 3.32. The summed E-state index contributed by atoms with van der Waals surface area (Å²) >= 11 is 0. The molecule has 0 aromatic carbocycles. The summed E-state index contributed by atoms with van der Waals surface area (Å²) in [6.45, 7) is 11.2. The summed E-state index contributed by atoms with van der Waals surface area (Å²) in [6, 6.07) is 0. The number of aromatic nitrogens is 2. The van der Waals surface area contributed by atoms with Crippen LogP contribution in [0.3, 0.4) is 0 Å². The van der Waals surface area contributed by atoms with E-state index in [-0.39, 0.29) is 0 Å². The van der Waals surface area contributed by atoms with E-state index in [1.165, 1.54) is 5.56 Å². The summed E-state index contributed by atoms with van der Waals surface area (Å²) in [5.74, 6) is 0.851. The van der Waals surface area contributed by atoms with Gasteiger partial charge in [0, 0.05) is 37.1 Å². The van der Waals surface area contributed by atoms with Crippen LogP contribution in [0.15, 0.2) is 6.20 Å². The minimum atomic E-state index is 0.843. The van der Waals surface area contributed by atoms with Gasteiger partial charge in [-0.05, 0) is 47.5 Å². The van der Waals surface area contributed by atoms with E-state index in [0.29, 0.717) is 0 Å². The van der Waals surface area contributed by atoms with Crippen molar-refractivity contribution in [2.45, 2.75) is 33.7 Å². The molecule has 0 bridgehead atoms. The SMILES string of the molecule is CCNCc1cnc(N(CC)CCCN(C)C)nc1C. The lowest BCUT2D eigenvalue weighted by Gasteiger charge is -2.22. The Morgan fingerprint density at radius 1 is 1.20 bits per heavy atom. The van der Waals surface area contributed by atoms with Crippen LogP contribution < -0.4 is 10.2 Å². The molecule has 0 spiro atoms. The molecule has 1 aromatic heterocycles. The quantitative estimate of drug-likeness (QED) is 0.745. The van der Waals surface area contributed by atoms with Crippen LogP contribution in [-0.2, 0) is 6.54 Å². The zero-order valence-electron chi connectivity index (χ0n) is 13.6. The van der Waals surface area contributed by atoms with E-state index >= 15 is 0 Å². The van der Waals surface area contributed by atoms with Crippen LogP contribution in [0.1, 0.15) is 31.5 Å². The molecule has 0 aliphatic rings. The average Bonchev–Trinajstić information content (AvgIpc) is 2.42. The van der Waals surface area contributed by atoms with Gasteiger partial charge in [0.25, 0.3) is 0 Å². The van der Waals surface area contributed by atoms with E-state index in [9.17, 15) is 0 Å². The summed E-state index contributed by atoms with van der Waals surface area (Å²) in [4.78, 5) is 13.6. The number of hydrogen-bond acceptors (Lipinski definition) is 5. The summed E-state index contributed by atoms with van der Waals surface area (Å²) < 4.78 is 0. The highest BCUT2D eigenvalue weighted by atomic mass is 15.2. The van der Waals surface area contributed by atoms with E-state index in [4.69, 9.17) is 0 Å². The fourth-order valence-electron chi connectivity index (χ4n) is 2.04. The van der Waals surface area contributed by atoms with Crippen molar-refractivity contribution in [1.29, 1.82) is 0 Å². The normalized spacial score (nSPS) is 11.1. The molecule has 0 saturated carbocycles. The predicted molar refractivity (Wildman–Crippen MR) is 85.2 cm³/mol. The third-order valence-electron chi connectivity index (χ3n) is 3.33. The Bertz CT molecular complexity index is 392. The van der Waals surface area contributed by atoms with Crippen molar-refractivity contribution in [3.05, 3.63) is 17.5 Å². The Hall–Kier alpha value is -1.20. The van der Waals surface area contributed by atoms with E-state index in [1.54, 1.807) is 0 Å². The summed E-state index contributed by atoms with van der Waals surface area (Å²) in [6.07, 6.45) is 3.08. The molecule has 1 aromatic rings. The van der Waals surface area contributed by atoms with Crippen molar-refractivity contribution >= 4 is 5.95 Å². The van der Waals surface area contributed by atoms with Crippen LogP contribution in [0.5, 0.6) is 0 Å². The Kier molecular flexibility index (Phi) is 7.47. The van der Waals surface area contributed by atoms with Crippen LogP contribution in [0.4, 0.5) is 5.95 Å². The fourth-order valence-corrected chi connectivity index (χ4v) is 2.04. The van der Waals surface area contributed by atoms with Gasteiger partial charge in [0.15, 0.2) is 0 Å². The fraction of sp³-hybridized carbons (Fsp3) is 0.733. The number of nitrogens with zero attached hydrogens (tertiary/aromatic N) is 4. The van der Waals surface area contributed by atoms with Crippen molar-refractivity contribution in [3.63, 3.8) is 0 Å². The number of rotatable bonds is 9. The van der Waals surface area contributed by atoms with Crippen LogP contribution in [0, 0.1) is 6.92 Å². The first kappa shape index (κ1) is 16.9. The number of aryl methyl sites for hydroxylation is 1. The van der Waals surface area contributed by atoms with Crippen LogP contribution >= 0.6 is 0 Å². The van der Waals surface area contributed by atoms with Crippen LogP contribution in [0.2, 0.25) is 0 Å². The van der Waals surface area contributed by atoms with Crippen molar-refractivity contribution in [1.82, 2.24) is 20.2 Å². The van der Waals surface area contributed by atoms with Gasteiger partial charge in [0.2, 0.25) is 5.95 Å². The number of anilines is 1. The Morgan fingerprint density at radius 3 is 2.50 bits per heavy atom. The molecular weight excluding hydrogens is 250 g/mol. The van der Waals surface area contributed by atoms with Gasteiger partial charge in [-0.1, -0.05) is 6.92 Å². The lowest BCUT2D eigenvalue weighted by molar-refractivity contribution is 0.400. The second-order valence-corrected chi connectivity index (χ2v) is 5.30. The maximum absolute atomic E-state index is 4.66. The maximum Gasteiger partial charge on any atom is 0.225 e. The number of hydrogen-bond donors (Lipinski definition) is 1. The molecule has 0 fully saturated rings. The van der Waals surface area contributed by atoms with Gasteiger partial charge in [0.05, 0.1) is 0 Å². The topological polar surface area (TPSA) is 44.3 Å². The lowest BCUT2D eigenvalue weighted by atomic mass is 10.2. The van der Waals surface area contributed by atoms with Gasteiger partial charge in [0.1, 0.15) is 0 Å². The van der Waals surface area contributed by atoms with Gasteiger partial charge in [-0.3, -0.25) is 0 Å². The molecule has 0 unspecified atom stereocenters. The molecule has 0 aliphatic carbocycles. The second kappa shape index (κ2) is 8.87. The monoisotopic (exact) mass is 279 g/mol. The van der Waals surface area contributed by atoms with E-state index in [2.05, 4.69) is 60.0 Å². The maximum atomic E-state index is 4.66. The highest BCUT2D eigenvalue weighted by Crippen LogP contribution is 2.11. The van der Waals surface area contributed by atoms with E-state index in [0.717, 1.165) is 50.8 Å². The van der Waals surface area contributed by atoms with Crippen LogP contribution in [-0.4, -0.2) is 55.1 Å². The Labute approximate surface area is 123 Å². The molecule has 1 rings (SSSR count). The standard InChI is InChI=1S/C15H29N5/c1-6-16-11-14-12-17-15(18-13(14)3)20(7-2)10-8-9-19(4)5/h12,16H,6-11H2,1-5H3. The van der Waals surface area contributed by atoms with Crippen molar-refractivity contribution in [2.24, 2.45) is 0 Å². The van der Waals surface area contributed by atoms with E-state index in [1.807, 2.05) is 6.20 Å². The molecule has 5 heteroatoms. The zero-order valence-corrected chi connectivity index (χ0v) is 13.6. The molecule has 1 N–H and O–H groups in total. The van der Waals surface area contributed by atoms with Gasteiger partial charge in [-0.2, -0.15) is 0 Å². The van der Waals surface area contributed by atoms with Crippen LogP contribution in [0.25, 0.3) is 0 Å². The van der Waals surface area contributed by atoms with Crippen molar-refractivity contribution < 1.29 is 0 Å². The third kappa shape index (κ3) is 5.43. The number of nitrogens with one attached hydrogen (secondary N) is 1. The molecule has 0 saturated heterocycles. The Balaban J connectivity index is 2.65. The Morgan fingerprint density at radius 2 is 1.95 bits per heavy atom. The first-order valence-corrected chi connectivity index (χ1v) is 7.51.